The minimum atomic E-state index is -0.00493. The number of nitrogens with two attached hydrogens (primary N) is 1. The monoisotopic (exact) mass is 257 g/mol. The van der Waals surface area contributed by atoms with Crippen LogP contribution in [0.2, 0.25) is 0 Å². The Labute approximate surface area is 112 Å². The van der Waals surface area contributed by atoms with Crippen LogP contribution in [-0.4, -0.2) is 24.0 Å². The Hall–Kier alpha value is -1.81. The van der Waals surface area contributed by atoms with Gasteiger partial charge in [0.05, 0.1) is 5.56 Å². The van der Waals surface area contributed by atoms with Crippen LogP contribution in [-0.2, 0) is 0 Å². The maximum atomic E-state index is 12.4. The summed E-state index contributed by atoms with van der Waals surface area (Å²) in [6.45, 7) is 3.27. The molecule has 0 spiro atoms. The van der Waals surface area contributed by atoms with Crippen molar-refractivity contribution in [3.05, 3.63) is 35.5 Å². The smallest absolute Gasteiger partial charge is 0.253 e. The minimum absolute atomic E-state index is 0.00493. The number of aryl methyl sites for hydroxylation is 1. The largest absolute Gasteiger partial charge is 0.358 e. The van der Waals surface area contributed by atoms with E-state index in [4.69, 9.17) is 5.73 Å². The zero-order valence-corrected chi connectivity index (χ0v) is 11.1. The molecule has 1 amide bonds. The van der Waals surface area contributed by atoms with E-state index in [2.05, 4.69) is 10.3 Å². The van der Waals surface area contributed by atoms with E-state index in [9.17, 15) is 4.79 Å². The van der Waals surface area contributed by atoms with Gasteiger partial charge >= 0.3 is 0 Å². The number of H-pyrrole nitrogens is 1. The van der Waals surface area contributed by atoms with Gasteiger partial charge in [-0.2, -0.15) is 0 Å². The van der Waals surface area contributed by atoms with Crippen LogP contribution in [0.3, 0.4) is 0 Å². The molecule has 1 aliphatic rings. The summed E-state index contributed by atoms with van der Waals surface area (Å²) in [7, 11) is 0. The van der Waals surface area contributed by atoms with Gasteiger partial charge < -0.3 is 16.0 Å². The van der Waals surface area contributed by atoms with Crippen LogP contribution in [0, 0.1) is 12.3 Å². The van der Waals surface area contributed by atoms with Crippen molar-refractivity contribution in [1.29, 1.82) is 0 Å². The maximum absolute atomic E-state index is 12.4. The number of aromatic nitrogens is 1. The Morgan fingerprint density at radius 1 is 1.42 bits per heavy atom. The van der Waals surface area contributed by atoms with Gasteiger partial charge in [-0.25, -0.2) is 0 Å². The molecule has 100 valence electrons. The van der Waals surface area contributed by atoms with Gasteiger partial charge in [-0.05, 0) is 32.4 Å². The van der Waals surface area contributed by atoms with Gasteiger partial charge in [0.15, 0.2) is 0 Å². The fourth-order valence-corrected chi connectivity index (χ4v) is 2.56. The van der Waals surface area contributed by atoms with Gasteiger partial charge in [0.25, 0.3) is 5.91 Å². The first-order chi connectivity index (χ1) is 9.15. The van der Waals surface area contributed by atoms with E-state index in [0.29, 0.717) is 13.1 Å². The van der Waals surface area contributed by atoms with Crippen LogP contribution in [0.4, 0.5) is 0 Å². The van der Waals surface area contributed by atoms with Gasteiger partial charge in [-0.1, -0.05) is 18.2 Å². The molecule has 0 bridgehead atoms. The van der Waals surface area contributed by atoms with E-state index in [1.165, 1.54) is 0 Å². The molecule has 0 aliphatic heterocycles. The van der Waals surface area contributed by atoms with Crippen molar-refractivity contribution in [2.45, 2.75) is 19.8 Å². The van der Waals surface area contributed by atoms with E-state index in [0.717, 1.165) is 35.0 Å². The van der Waals surface area contributed by atoms with Crippen LogP contribution in [0.5, 0.6) is 0 Å². The summed E-state index contributed by atoms with van der Waals surface area (Å²) < 4.78 is 0. The van der Waals surface area contributed by atoms with Gasteiger partial charge in [-0.15, -0.1) is 0 Å². The van der Waals surface area contributed by atoms with E-state index in [1.54, 1.807) is 0 Å². The Balaban J connectivity index is 1.83. The number of hydrogen-bond donors (Lipinski definition) is 3. The Kier molecular flexibility index (Phi) is 2.82. The summed E-state index contributed by atoms with van der Waals surface area (Å²) in [6.07, 6.45) is 2.24. The third kappa shape index (κ3) is 2.12. The van der Waals surface area contributed by atoms with Gasteiger partial charge in [-0.3, -0.25) is 4.79 Å². The first-order valence-electron chi connectivity index (χ1n) is 6.71. The molecule has 0 saturated heterocycles. The standard InChI is InChI=1S/C15H19N3O/c1-10-13(11-4-2-3-5-12(11)18-10)14(19)17-9-15(8-16)6-7-15/h2-5,18H,6-9,16H2,1H3,(H,17,19). The Morgan fingerprint density at radius 3 is 2.84 bits per heavy atom. The van der Waals surface area contributed by atoms with Crippen molar-refractivity contribution < 1.29 is 4.79 Å². The zero-order valence-electron chi connectivity index (χ0n) is 11.1. The summed E-state index contributed by atoms with van der Waals surface area (Å²) in [5.41, 5.74) is 8.57. The molecule has 2 aromatic rings. The quantitative estimate of drug-likeness (QED) is 0.783. The second-order valence-electron chi connectivity index (χ2n) is 5.56. The maximum Gasteiger partial charge on any atom is 0.253 e. The van der Waals surface area contributed by atoms with Crippen LogP contribution < -0.4 is 11.1 Å². The number of carbonyl (C=O) groups is 1. The molecule has 4 heteroatoms. The highest BCUT2D eigenvalue weighted by Gasteiger charge is 2.41. The highest BCUT2D eigenvalue weighted by Crippen LogP contribution is 2.43. The SMILES string of the molecule is Cc1[nH]c2ccccc2c1C(=O)NCC1(CN)CC1. The molecular formula is C15H19N3O. The summed E-state index contributed by atoms with van der Waals surface area (Å²) in [5, 5.41) is 4.01. The molecule has 19 heavy (non-hydrogen) atoms. The van der Waals surface area contributed by atoms with Gasteiger partial charge in [0.1, 0.15) is 0 Å². The predicted octanol–water partition coefficient (Wildman–Crippen LogP) is 1.95. The average Bonchev–Trinajstić information content (AvgIpc) is 3.12. The lowest BCUT2D eigenvalue weighted by atomic mass is 10.1. The molecule has 4 N–H and O–H groups in total. The van der Waals surface area contributed by atoms with Crippen molar-refractivity contribution in [1.82, 2.24) is 10.3 Å². The number of hydrogen-bond acceptors (Lipinski definition) is 2. The molecule has 1 fully saturated rings. The number of aromatic amines is 1. The van der Waals surface area contributed by atoms with Crippen LogP contribution in [0.25, 0.3) is 10.9 Å². The van der Waals surface area contributed by atoms with Gasteiger partial charge in [0.2, 0.25) is 0 Å². The van der Waals surface area contributed by atoms with Crippen LogP contribution >= 0.6 is 0 Å². The average molecular weight is 257 g/mol. The normalized spacial score (nSPS) is 16.5. The fraction of sp³-hybridized carbons (Fsp3) is 0.400. The number of rotatable bonds is 4. The van der Waals surface area contributed by atoms with E-state index < -0.39 is 0 Å². The molecule has 0 radical (unpaired) electrons. The molecule has 1 aliphatic carbocycles. The molecule has 4 nitrogen and oxygen atoms in total. The lowest BCUT2D eigenvalue weighted by Crippen LogP contribution is -2.34. The fourth-order valence-electron chi connectivity index (χ4n) is 2.56. The molecule has 1 aromatic heterocycles. The number of benzene rings is 1. The first kappa shape index (κ1) is 12.2. The second kappa shape index (κ2) is 4.38. The topological polar surface area (TPSA) is 70.9 Å². The van der Waals surface area contributed by atoms with E-state index in [-0.39, 0.29) is 11.3 Å². The van der Waals surface area contributed by atoms with Crippen LogP contribution in [0.15, 0.2) is 24.3 Å². The predicted molar refractivity (Wildman–Crippen MR) is 76.1 cm³/mol. The summed E-state index contributed by atoms with van der Waals surface area (Å²) in [4.78, 5) is 15.6. The minimum Gasteiger partial charge on any atom is -0.358 e. The third-order valence-corrected chi connectivity index (χ3v) is 4.13. The summed E-state index contributed by atoms with van der Waals surface area (Å²) in [5.74, 6) is -0.00493. The first-order valence-corrected chi connectivity index (χ1v) is 6.71. The van der Waals surface area contributed by atoms with Crippen molar-refractivity contribution in [3.8, 4) is 0 Å². The summed E-state index contributed by atoms with van der Waals surface area (Å²) >= 11 is 0. The number of para-hydroxylation sites is 1. The van der Waals surface area contributed by atoms with E-state index in [1.807, 2.05) is 31.2 Å². The number of fused-ring (bicyclic) bond motifs is 1. The highest BCUT2D eigenvalue weighted by molar-refractivity contribution is 6.08. The third-order valence-electron chi connectivity index (χ3n) is 4.13. The lowest BCUT2D eigenvalue weighted by molar-refractivity contribution is 0.0946. The van der Waals surface area contributed by atoms with E-state index >= 15 is 0 Å². The van der Waals surface area contributed by atoms with Crippen molar-refractivity contribution >= 4 is 16.8 Å². The molecule has 1 saturated carbocycles. The number of amides is 1. The molecule has 1 aromatic carbocycles. The van der Waals surface area contributed by atoms with Gasteiger partial charge in [0, 0.05) is 28.6 Å². The molecule has 0 atom stereocenters. The lowest BCUT2D eigenvalue weighted by Gasteiger charge is -2.13. The Morgan fingerprint density at radius 2 is 2.16 bits per heavy atom. The highest BCUT2D eigenvalue weighted by atomic mass is 16.1. The van der Waals surface area contributed by atoms with Crippen molar-refractivity contribution in [3.63, 3.8) is 0 Å². The number of carbonyl (C=O) groups excluding carboxylic acids is 1. The van der Waals surface area contributed by atoms with Crippen molar-refractivity contribution in [2.24, 2.45) is 11.1 Å². The zero-order chi connectivity index (χ0) is 13.5. The molecule has 3 rings (SSSR count). The molecule has 0 unspecified atom stereocenters. The second-order valence-corrected chi connectivity index (χ2v) is 5.56. The summed E-state index contributed by atoms with van der Waals surface area (Å²) in [6, 6.07) is 7.88. The Bertz CT molecular complexity index is 625. The number of nitrogens with one attached hydrogen (secondary N) is 2. The molecule has 1 heterocycles. The van der Waals surface area contributed by atoms with Crippen LogP contribution in [0.1, 0.15) is 28.9 Å². The van der Waals surface area contributed by atoms with Crippen molar-refractivity contribution in [2.75, 3.05) is 13.1 Å². The molecular weight excluding hydrogens is 238 g/mol.